The summed E-state index contributed by atoms with van der Waals surface area (Å²) >= 11 is 0. The molecule has 0 atom stereocenters. The number of nitrogens with two attached hydrogens (primary N) is 1. The number of benzene rings is 1. The Bertz CT molecular complexity index is 386. The van der Waals surface area contributed by atoms with Crippen LogP contribution in [-0.2, 0) is 0 Å². The molecule has 2 rings (SSSR count). The summed E-state index contributed by atoms with van der Waals surface area (Å²) in [5.74, 6) is 0.135. The van der Waals surface area contributed by atoms with Crippen LogP contribution in [0.3, 0.4) is 0 Å². The van der Waals surface area contributed by atoms with Crippen LogP contribution < -0.4 is 10.6 Å². The number of piperazine rings is 1. The van der Waals surface area contributed by atoms with Crippen LogP contribution in [0.4, 0.5) is 5.69 Å². The molecule has 17 heavy (non-hydrogen) atoms. The number of amidine groups is 1. The first-order valence-corrected chi connectivity index (χ1v) is 5.55. The summed E-state index contributed by atoms with van der Waals surface area (Å²) in [6.07, 6.45) is 0. The van der Waals surface area contributed by atoms with E-state index in [-0.39, 0.29) is 18.2 Å². The minimum absolute atomic E-state index is 0. The first kappa shape index (κ1) is 13.8. The van der Waals surface area contributed by atoms with Crippen LogP contribution in [0, 0.1) is 5.41 Å². The molecule has 3 N–H and O–H groups in total. The van der Waals surface area contributed by atoms with Gasteiger partial charge in [-0.1, -0.05) is 12.1 Å². The smallest absolute Gasteiger partial charge is 0.122 e. The molecule has 1 aromatic rings. The maximum atomic E-state index is 7.43. The van der Waals surface area contributed by atoms with E-state index in [1.54, 1.807) is 0 Å². The molecule has 1 aromatic carbocycles. The lowest BCUT2D eigenvalue weighted by Crippen LogP contribution is -2.44. The zero-order chi connectivity index (χ0) is 11.5. The van der Waals surface area contributed by atoms with Crippen LogP contribution in [0.5, 0.6) is 0 Å². The van der Waals surface area contributed by atoms with Gasteiger partial charge >= 0.3 is 0 Å². The van der Waals surface area contributed by atoms with Crippen LogP contribution in [0.15, 0.2) is 24.3 Å². The lowest BCUT2D eigenvalue weighted by molar-refractivity contribution is 0.313. The van der Waals surface area contributed by atoms with Gasteiger partial charge in [0.25, 0.3) is 0 Å². The fourth-order valence-electron chi connectivity index (χ4n) is 1.93. The topological polar surface area (TPSA) is 56.4 Å². The Morgan fingerprint density at radius 3 is 2.47 bits per heavy atom. The van der Waals surface area contributed by atoms with Crippen molar-refractivity contribution in [2.24, 2.45) is 5.73 Å². The van der Waals surface area contributed by atoms with E-state index in [1.807, 2.05) is 18.2 Å². The number of rotatable bonds is 2. The monoisotopic (exact) mass is 254 g/mol. The fraction of sp³-hybridized carbons (Fsp3) is 0.417. The molecule has 0 radical (unpaired) electrons. The molecule has 0 saturated carbocycles. The Morgan fingerprint density at radius 2 is 1.88 bits per heavy atom. The maximum absolute atomic E-state index is 7.43. The fourth-order valence-corrected chi connectivity index (χ4v) is 1.93. The van der Waals surface area contributed by atoms with Crippen LogP contribution in [0.25, 0.3) is 0 Å². The van der Waals surface area contributed by atoms with E-state index in [4.69, 9.17) is 11.1 Å². The van der Waals surface area contributed by atoms with Gasteiger partial charge in [0.2, 0.25) is 0 Å². The van der Waals surface area contributed by atoms with E-state index < -0.39 is 0 Å². The van der Waals surface area contributed by atoms with E-state index >= 15 is 0 Å². The summed E-state index contributed by atoms with van der Waals surface area (Å²) < 4.78 is 0. The van der Waals surface area contributed by atoms with E-state index in [1.165, 1.54) is 5.69 Å². The Balaban J connectivity index is 0.00000144. The van der Waals surface area contributed by atoms with Crippen molar-refractivity contribution in [2.45, 2.75) is 0 Å². The molecule has 1 fully saturated rings. The predicted molar refractivity (Wildman–Crippen MR) is 74.4 cm³/mol. The van der Waals surface area contributed by atoms with Crippen LogP contribution >= 0.6 is 12.4 Å². The minimum atomic E-state index is 0. The van der Waals surface area contributed by atoms with Crippen LogP contribution in [0.1, 0.15) is 5.56 Å². The van der Waals surface area contributed by atoms with E-state index in [9.17, 15) is 0 Å². The zero-order valence-corrected chi connectivity index (χ0v) is 10.8. The van der Waals surface area contributed by atoms with Crippen molar-refractivity contribution in [3.05, 3.63) is 29.8 Å². The number of hydrogen-bond donors (Lipinski definition) is 2. The highest BCUT2D eigenvalue weighted by molar-refractivity contribution is 5.95. The van der Waals surface area contributed by atoms with Crippen molar-refractivity contribution in [1.82, 2.24) is 4.90 Å². The number of anilines is 1. The molecule has 0 unspecified atom stereocenters. The third-order valence-electron chi connectivity index (χ3n) is 3.03. The third-order valence-corrected chi connectivity index (χ3v) is 3.03. The molecular weight excluding hydrogens is 236 g/mol. The van der Waals surface area contributed by atoms with Crippen LogP contribution in [0.2, 0.25) is 0 Å². The molecule has 94 valence electrons. The number of nitrogens with zero attached hydrogens (tertiary/aromatic N) is 2. The number of likely N-dealkylation sites (N-methyl/N-ethyl adjacent to an activating group) is 1. The Kier molecular flexibility index (Phi) is 4.78. The lowest BCUT2D eigenvalue weighted by Gasteiger charge is -2.34. The van der Waals surface area contributed by atoms with E-state index in [0.29, 0.717) is 0 Å². The molecule has 5 heteroatoms. The number of hydrogen-bond acceptors (Lipinski definition) is 3. The van der Waals surface area contributed by atoms with Crippen LogP contribution in [-0.4, -0.2) is 44.0 Å². The van der Waals surface area contributed by atoms with Gasteiger partial charge in [0.15, 0.2) is 0 Å². The number of nitrogen functional groups attached to an aromatic ring is 1. The lowest BCUT2D eigenvalue weighted by atomic mass is 10.1. The highest BCUT2D eigenvalue weighted by atomic mass is 35.5. The van der Waals surface area contributed by atoms with Crippen molar-refractivity contribution in [2.75, 3.05) is 38.1 Å². The van der Waals surface area contributed by atoms with Crippen molar-refractivity contribution < 1.29 is 0 Å². The number of nitrogens with one attached hydrogen (secondary N) is 1. The van der Waals surface area contributed by atoms with Gasteiger partial charge in [0.1, 0.15) is 5.84 Å². The van der Waals surface area contributed by atoms with E-state index in [2.05, 4.69) is 22.9 Å². The van der Waals surface area contributed by atoms with Gasteiger partial charge in [-0.05, 0) is 19.2 Å². The largest absolute Gasteiger partial charge is 0.384 e. The second-order valence-corrected chi connectivity index (χ2v) is 4.25. The minimum Gasteiger partial charge on any atom is -0.384 e. The Labute approximate surface area is 108 Å². The summed E-state index contributed by atoms with van der Waals surface area (Å²) in [4.78, 5) is 4.66. The van der Waals surface area contributed by atoms with Gasteiger partial charge in [-0.3, -0.25) is 5.41 Å². The van der Waals surface area contributed by atoms with Crippen molar-refractivity contribution in [1.29, 1.82) is 5.41 Å². The Hall–Kier alpha value is -1.26. The second kappa shape index (κ2) is 5.89. The van der Waals surface area contributed by atoms with Gasteiger partial charge < -0.3 is 15.5 Å². The molecule has 4 nitrogen and oxygen atoms in total. The third kappa shape index (κ3) is 3.35. The highest BCUT2D eigenvalue weighted by Crippen LogP contribution is 2.17. The van der Waals surface area contributed by atoms with Gasteiger partial charge in [-0.25, -0.2) is 0 Å². The molecule has 1 saturated heterocycles. The van der Waals surface area contributed by atoms with Gasteiger partial charge in [-0.15, -0.1) is 12.4 Å². The molecule has 0 aromatic heterocycles. The standard InChI is InChI=1S/C12H18N4.ClH/c1-15-5-7-16(8-6-15)11-4-2-3-10(9-11)12(13)14;/h2-4,9H,5-8H2,1H3,(H3,13,14);1H. The second-order valence-electron chi connectivity index (χ2n) is 4.25. The zero-order valence-electron chi connectivity index (χ0n) is 10.0. The molecule has 1 heterocycles. The van der Waals surface area contributed by atoms with E-state index in [0.717, 1.165) is 31.7 Å². The van der Waals surface area contributed by atoms with Gasteiger partial charge in [0.05, 0.1) is 0 Å². The normalized spacial score (nSPS) is 16.4. The van der Waals surface area contributed by atoms with Crippen molar-refractivity contribution in [3.63, 3.8) is 0 Å². The summed E-state index contributed by atoms with van der Waals surface area (Å²) in [5, 5.41) is 7.43. The maximum Gasteiger partial charge on any atom is 0.122 e. The SMILES string of the molecule is CN1CCN(c2cccc(C(=N)N)c2)CC1.Cl. The molecule has 0 amide bonds. The average Bonchev–Trinajstić information content (AvgIpc) is 2.30. The molecule has 0 aliphatic carbocycles. The molecule has 1 aliphatic rings. The molecule has 0 bridgehead atoms. The Morgan fingerprint density at radius 1 is 1.24 bits per heavy atom. The highest BCUT2D eigenvalue weighted by Gasteiger charge is 2.14. The van der Waals surface area contributed by atoms with Gasteiger partial charge in [-0.2, -0.15) is 0 Å². The average molecular weight is 255 g/mol. The first-order valence-electron chi connectivity index (χ1n) is 5.55. The van der Waals surface area contributed by atoms with Crippen molar-refractivity contribution >= 4 is 23.9 Å². The van der Waals surface area contributed by atoms with Crippen molar-refractivity contribution in [3.8, 4) is 0 Å². The molecule has 0 spiro atoms. The summed E-state index contributed by atoms with van der Waals surface area (Å²) in [6.45, 7) is 4.25. The number of halogens is 1. The predicted octanol–water partition coefficient (Wildman–Crippen LogP) is 1.14. The molecular formula is C12H19ClN4. The summed E-state index contributed by atoms with van der Waals surface area (Å²) in [6, 6.07) is 7.91. The first-order chi connectivity index (χ1) is 7.66. The summed E-state index contributed by atoms with van der Waals surface area (Å²) in [5.41, 5.74) is 7.46. The molecule has 1 aliphatic heterocycles. The summed E-state index contributed by atoms with van der Waals surface area (Å²) in [7, 11) is 2.14. The quantitative estimate of drug-likeness (QED) is 0.615. The van der Waals surface area contributed by atoms with Gasteiger partial charge in [0, 0.05) is 37.4 Å².